The van der Waals surface area contributed by atoms with Gasteiger partial charge >= 0.3 is 5.97 Å². The van der Waals surface area contributed by atoms with E-state index in [-0.39, 0.29) is 17.6 Å². The summed E-state index contributed by atoms with van der Waals surface area (Å²) in [6, 6.07) is 3.28. The van der Waals surface area contributed by atoms with Crippen molar-refractivity contribution >= 4 is 17.8 Å². The Kier molecular flexibility index (Phi) is 4.69. The molecular formula is C17H20N2O5. The third-order valence-corrected chi connectivity index (χ3v) is 4.68. The molecule has 1 N–H and O–H groups in total. The summed E-state index contributed by atoms with van der Waals surface area (Å²) in [6.45, 7) is 1.67. The van der Waals surface area contributed by atoms with Crippen LogP contribution in [0.2, 0.25) is 0 Å². The maximum atomic E-state index is 12.7. The molecule has 0 aromatic carbocycles. The van der Waals surface area contributed by atoms with Crippen LogP contribution in [0.3, 0.4) is 0 Å². The van der Waals surface area contributed by atoms with E-state index in [0.717, 1.165) is 0 Å². The lowest BCUT2D eigenvalue weighted by Gasteiger charge is -2.37. The van der Waals surface area contributed by atoms with E-state index in [2.05, 4.69) is 0 Å². The van der Waals surface area contributed by atoms with Crippen molar-refractivity contribution < 1.29 is 23.9 Å². The summed E-state index contributed by atoms with van der Waals surface area (Å²) < 4.78 is 5.11. The van der Waals surface area contributed by atoms with Crippen molar-refractivity contribution in [2.75, 3.05) is 26.2 Å². The quantitative estimate of drug-likeness (QED) is 0.841. The Morgan fingerprint density at radius 2 is 1.62 bits per heavy atom. The smallest absolute Gasteiger partial charge is 0.307 e. The van der Waals surface area contributed by atoms with E-state index in [1.165, 1.54) is 6.26 Å². The van der Waals surface area contributed by atoms with Gasteiger partial charge in [-0.25, -0.2) is 0 Å². The summed E-state index contributed by atoms with van der Waals surface area (Å²) in [7, 11) is 0. The number of aliphatic carboxylic acids is 1. The lowest BCUT2D eigenvalue weighted by Crippen LogP contribution is -2.53. The maximum absolute atomic E-state index is 12.7. The zero-order valence-corrected chi connectivity index (χ0v) is 13.3. The van der Waals surface area contributed by atoms with Gasteiger partial charge in [-0.15, -0.1) is 0 Å². The first kappa shape index (κ1) is 16.3. The first-order chi connectivity index (χ1) is 11.6. The molecule has 1 saturated heterocycles. The van der Waals surface area contributed by atoms with Gasteiger partial charge in [0.1, 0.15) is 0 Å². The summed E-state index contributed by atoms with van der Waals surface area (Å²) in [5.41, 5.74) is 0. The summed E-state index contributed by atoms with van der Waals surface area (Å²) in [4.78, 5) is 39.6. The number of piperazine rings is 1. The zero-order valence-electron chi connectivity index (χ0n) is 13.3. The number of amides is 2. The highest BCUT2D eigenvalue weighted by molar-refractivity contribution is 5.91. The molecule has 3 rings (SSSR count). The lowest BCUT2D eigenvalue weighted by atomic mass is 9.82. The maximum Gasteiger partial charge on any atom is 0.307 e. The number of carboxylic acids is 1. The molecule has 2 amide bonds. The molecule has 1 aromatic heterocycles. The Balaban J connectivity index is 1.60. The molecule has 128 valence electrons. The second-order valence-electron chi connectivity index (χ2n) is 6.09. The molecule has 0 radical (unpaired) electrons. The summed E-state index contributed by atoms with van der Waals surface area (Å²) in [5, 5.41) is 9.31. The van der Waals surface area contributed by atoms with Crippen LogP contribution in [0, 0.1) is 11.8 Å². The molecule has 0 spiro atoms. The molecule has 2 heterocycles. The predicted octanol–water partition coefficient (Wildman–Crippen LogP) is 1.23. The molecule has 1 fully saturated rings. The number of carboxylic acid groups (broad SMARTS) is 1. The normalized spacial score (nSPS) is 24.0. The fraction of sp³-hybridized carbons (Fsp3) is 0.471. The van der Waals surface area contributed by atoms with Crippen molar-refractivity contribution in [2.24, 2.45) is 11.8 Å². The lowest BCUT2D eigenvalue weighted by molar-refractivity contribution is -0.151. The van der Waals surface area contributed by atoms with Gasteiger partial charge in [-0.1, -0.05) is 12.2 Å². The van der Waals surface area contributed by atoms with Gasteiger partial charge in [-0.3, -0.25) is 14.4 Å². The van der Waals surface area contributed by atoms with Crippen LogP contribution in [-0.2, 0) is 9.59 Å². The third-order valence-electron chi connectivity index (χ3n) is 4.68. The molecule has 1 aliphatic carbocycles. The second-order valence-corrected chi connectivity index (χ2v) is 6.09. The topological polar surface area (TPSA) is 91.1 Å². The molecule has 2 atom stereocenters. The SMILES string of the molecule is O=C(O)[C@@H]1CC=CC[C@H]1C(=O)N1CCN(C(=O)c2ccco2)CC1. The predicted molar refractivity (Wildman–Crippen MR) is 84.2 cm³/mol. The molecule has 0 saturated carbocycles. The van der Waals surface area contributed by atoms with Crippen molar-refractivity contribution in [1.82, 2.24) is 9.80 Å². The van der Waals surface area contributed by atoms with Gasteiger partial charge in [0, 0.05) is 26.2 Å². The molecular weight excluding hydrogens is 312 g/mol. The van der Waals surface area contributed by atoms with Crippen LogP contribution in [0.15, 0.2) is 35.0 Å². The van der Waals surface area contributed by atoms with Crippen LogP contribution in [0.1, 0.15) is 23.4 Å². The fourth-order valence-corrected chi connectivity index (χ4v) is 3.28. The number of hydrogen-bond acceptors (Lipinski definition) is 4. The van der Waals surface area contributed by atoms with Crippen LogP contribution in [0.25, 0.3) is 0 Å². The van der Waals surface area contributed by atoms with Gasteiger partial charge in [0.05, 0.1) is 18.1 Å². The molecule has 0 bridgehead atoms. The van der Waals surface area contributed by atoms with Crippen molar-refractivity contribution in [3.63, 3.8) is 0 Å². The Hall–Kier alpha value is -2.57. The minimum atomic E-state index is -0.927. The van der Waals surface area contributed by atoms with Crippen molar-refractivity contribution in [3.8, 4) is 0 Å². The van der Waals surface area contributed by atoms with Gasteiger partial charge < -0.3 is 19.3 Å². The average Bonchev–Trinajstić information content (AvgIpc) is 3.15. The van der Waals surface area contributed by atoms with E-state index in [1.54, 1.807) is 21.9 Å². The van der Waals surface area contributed by atoms with Gasteiger partial charge in [0.2, 0.25) is 5.91 Å². The minimum absolute atomic E-state index is 0.128. The molecule has 7 nitrogen and oxygen atoms in total. The standard InChI is InChI=1S/C17H20N2O5/c20-15(12-4-1-2-5-13(12)17(22)23)18-7-9-19(10-8-18)16(21)14-6-3-11-24-14/h1-3,6,11-13H,4-5,7-10H2,(H,22,23)/t12-,13-/m1/s1. The molecule has 7 heteroatoms. The van der Waals surface area contributed by atoms with Crippen molar-refractivity contribution in [1.29, 1.82) is 0 Å². The monoisotopic (exact) mass is 332 g/mol. The highest BCUT2D eigenvalue weighted by Crippen LogP contribution is 2.28. The zero-order chi connectivity index (χ0) is 17.1. The van der Waals surface area contributed by atoms with Crippen molar-refractivity contribution in [3.05, 3.63) is 36.3 Å². The third kappa shape index (κ3) is 3.20. The van der Waals surface area contributed by atoms with Crippen LogP contribution in [0.4, 0.5) is 0 Å². The Bertz CT molecular complexity index is 644. The van der Waals surface area contributed by atoms with Crippen LogP contribution in [0.5, 0.6) is 0 Å². The van der Waals surface area contributed by atoms with E-state index >= 15 is 0 Å². The summed E-state index contributed by atoms with van der Waals surface area (Å²) in [5.74, 6) is -2.12. The van der Waals surface area contributed by atoms with Crippen LogP contribution in [-0.4, -0.2) is 58.9 Å². The van der Waals surface area contributed by atoms with Crippen LogP contribution < -0.4 is 0 Å². The Labute approximate surface area is 139 Å². The van der Waals surface area contributed by atoms with Gasteiger partial charge in [-0.05, 0) is 25.0 Å². The van der Waals surface area contributed by atoms with Gasteiger partial charge in [0.15, 0.2) is 5.76 Å². The first-order valence-electron chi connectivity index (χ1n) is 8.07. The Morgan fingerprint density at radius 3 is 2.21 bits per heavy atom. The van der Waals surface area contributed by atoms with E-state index in [4.69, 9.17) is 4.42 Å². The number of furan rings is 1. The molecule has 24 heavy (non-hydrogen) atoms. The highest BCUT2D eigenvalue weighted by atomic mass is 16.4. The number of hydrogen-bond donors (Lipinski definition) is 1. The van der Waals surface area contributed by atoms with Gasteiger partial charge in [-0.2, -0.15) is 0 Å². The molecule has 1 aromatic rings. The summed E-state index contributed by atoms with van der Waals surface area (Å²) >= 11 is 0. The summed E-state index contributed by atoms with van der Waals surface area (Å²) in [6.07, 6.45) is 6.00. The second kappa shape index (κ2) is 6.90. The van der Waals surface area contributed by atoms with E-state index in [0.29, 0.717) is 39.0 Å². The Morgan fingerprint density at radius 1 is 1.00 bits per heavy atom. The largest absolute Gasteiger partial charge is 0.481 e. The number of carbonyl (C=O) groups excluding carboxylic acids is 2. The first-order valence-corrected chi connectivity index (χ1v) is 8.07. The van der Waals surface area contributed by atoms with Crippen LogP contribution >= 0.6 is 0 Å². The van der Waals surface area contributed by atoms with E-state index in [1.807, 2.05) is 12.2 Å². The van der Waals surface area contributed by atoms with Gasteiger partial charge in [0.25, 0.3) is 5.91 Å². The molecule has 1 aliphatic heterocycles. The number of carbonyl (C=O) groups is 3. The average molecular weight is 332 g/mol. The van der Waals surface area contributed by atoms with E-state index < -0.39 is 17.8 Å². The number of allylic oxidation sites excluding steroid dienone is 2. The minimum Gasteiger partial charge on any atom is -0.481 e. The van der Waals surface area contributed by atoms with E-state index in [9.17, 15) is 19.5 Å². The highest BCUT2D eigenvalue weighted by Gasteiger charge is 2.37. The number of rotatable bonds is 3. The molecule has 2 aliphatic rings. The fourth-order valence-electron chi connectivity index (χ4n) is 3.28. The van der Waals surface area contributed by atoms with Crippen molar-refractivity contribution in [2.45, 2.75) is 12.8 Å². The molecule has 0 unspecified atom stereocenters. The number of nitrogens with zero attached hydrogens (tertiary/aromatic N) is 2.